The van der Waals surface area contributed by atoms with Crippen molar-refractivity contribution in [3.63, 3.8) is 0 Å². The van der Waals surface area contributed by atoms with E-state index < -0.39 is 0 Å². The highest BCUT2D eigenvalue weighted by atomic mass is 15.4. The van der Waals surface area contributed by atoms with Crippen LogP contribution in [0.5, 0.6) is 0 Å². The van der Waals surface area contributed by atoms with Crippen LogP contribution in [0.3, 0.4) is 0 Å². The fraction of sp³-hybridized carbons (Fsp3) is 0.867. The molecule has 384 valence electrons. The number of nitrogens with zero attached hydrogens (tertiary/aromatic N) is 8. The van der Waals surface area contributed by atoms with Crippen molar-refractivity contribution in [2.24, 2.45) is 0 Å². The van der Waals surface area contributed by atoms with Gasteiger partial charge in [-0.05, 0) is 51.4 Å². The molecule has 0 aromatic carbocycles. The van der Waals surface area contributed by atoms with Crippen molar-refractivity contribution in [2.75, 3.05) is 0 Å². The third kappa shape index (κ3) is 10.5. The van der Waals surface area contributed by atoms with Crippen LogP contribution in [0, 0.1) is 0 Å². The zero-order chi connectivity index (χ0) is 51.2. The number of rotatable bonds is 0. The van der Waals surface area contributed by atoms with E-state index in [1.54, 1.807) is 0 Å². The van der Waals surface area contributed by atoms with Gasteiger partial charge in [-0.1, -0.05) is 0 Å². The molecule has 8 atom stereocenters. The summed E-state index contributed by atoms with van der Waals surface area (Å²) in [5, 5.41) is 0. The molecule has 0 N–H and O–H groups in total. The van der Waals surface area contributed by atoms with E-state index in [1.807, 2.05) is 0 Å². The highest BCUT2D eigenvalue weighted by Gasteiger charge is 2.66. The Morgan fingerprint density at radius 3 is 0.368 bits per heavy atom. The molecule has 0 spiro atoms. The maximum atomic E-state index is 2.67. The van der Waals surface area contributed by atoms with E-state index in [0.29, 0.717) is 0 Å². The van der Waals surface area contributed by atoms with Crippen LogP contribution in [-0.4, -0.2) is 153 Å². The van der Waals surface area contributed by atoms with Gasteiger partial charge in [-0.3, -0.25) is 0 Å². The SMILES string of the molecule is CC(C)=[N+]1[C@@H]2CCCC[C@@H]2[N+](=C(C)C)C1(C)C.CC(C)=[N+]1[C@@H]2CCCC[C@@H]2[N+](=C(C)C)C1(C)C.CC(C)=[N+]1[C@@H]2CCCC[C@H]2[N+](=C(C)C)C1(C)C.CC(C)=[N+]1[C@H]2CCCC[C@@H]2[N+](=C(C)C)C1(C)C. The molecule has 68 heavy (non-hydrogen) atoms. The normalized spacial score (nSPS) is 31.4. The summed E-state index contributed by atoms with van der Waals surface area (Å²) in [5.41, 5.74) is 12.3. The van der Waals surface area contributed by atoms with Gasteiger partial charge in [0, 0.05) is 162 Å². The Kier molecular flexibility index (Phi) is 17.9. The summed E-state index contributed by atoms with van der Waals surface area (Å²) >= 11 is 0. The van der Waals surface area contributed by atoms with Crippen LogP contribution in [0.4, 0.5) is 0 Å². The Bertz CT molecular complexity index is 1680. The molecule has 8 nitrogen and oxygen atoms in total. The fourth-order valence-electron chi connectivity index (χ4n) is 17.5. The van der Waals surface area contributed by atoms with Gasteiger partial charge in [0.25, 0.3) is 0 Å². The molecule has 4 aliphatic carbocycles. The Balaban J connectivity index is 0.000000169. The summed E-state index contributed by atoms with van der Waals surface area (Å²) in [4.78, 5) is 0. The zero-order valence-electron chi connectivity index (χ0n) is 49.5. The summed E-state index contributed by atoms with van der Waals surface area (Å²) in [6.07, 6.45) is 22.1. The van der Waals surface area contributed by atoms with Crippen LogP contribution in [0.1, 0.15) is 269 Å². The summed E-state index contributed by atoms with van der Waals surface area (Å²) in [6.45, 7) is 55.3. The Labute approximate surface area is 420 Å². The van der Waals surface area contributed by atoms with Gasteiger partial charge in [-0.2, -0.15) is 36.6 Å². The molecule has 8 aliphatic rings. The highest BCUT2D eigenvalue weighted by Crippen LogP contribution is 2.40. The molecule has 0 bridgehead atoms. The van der Waals surface area contributed by atoms with Crippen molar-refractivity contribution in [3.05, 3.63) is 0 Å². The predicted octanol–water partition coefficient (Wildman–Crippen LogP) is 12.1. The van der Waals surface area contributed by atoms with E-state index in [1.165, 1.54) is 148 Å². The van der Waals surface area contributed by atoms with Crippen molar-refractivity contribution in [2.45, 2.75) is 340 Å². The van der Waals surface area contributed by atoms with Crippen LogP contribution in [0.15, 0.2) is 0 Å². The van der Waals surface area contributed by atoms with Gasteiger partial charge in [0.2, 0.25) is 48.3 Å². The second-order valence-electron chi connectivity index (χ2n) is 26.2. The molecule has 0 amide bonds. The number of hydrogen-bond acceptors (Lipinski definition) is 0. The van der Waals surface area contributed by atoms with Crippen LogP contribution in [0.25, 0.3) is 0 Å². The van der Waals surface area contributed by atoms with E-state index in [4.69, 9.17) is 0 Å². The first-order chi connectivity index (χ1) is 31.5. The Morgan fingerprint density at radius 2 is 0.294 bits per heavy atom. The van der Waals surface area contributed by atoms with E-state index in [2.05, 4.69) is 203 Å². The summed E-state index contributed by atoms with van der Waals surface area (Å²) in [5.74, 6) is 0. The predicted molar refractivity (Wildman–Crippen MR) is 293 cm³/mol. The number of fused-ring (bicyclic) bond motifs is 4. The largest absolute Gasteiger partial charge is 0.346 e. The van der Waals surface area contributed by atoms with Gasteiger partial charge in [0.1, 0.15) is 0 Å². The average Bonchev–Trinajstić information content (AvgIpc) is 3.81. The van der Waals surface area contributed by atoms with Crippen LogP contribution >= 0.6 is 0 Å². The van der Waals surface area contributed by atoms with Crippen molar-refractivity contribution in [1.29, 1.82) is 0 Å². The van der Waals surface area contributed by atoms with Crippen LogP contribution in [-0.2, 0) is 0 Å². The monoisotopic (exact) mass is 945 g/mol. The lowest BCUT2D eigenvalue weighted by Crippen LogP contribution is -2.43. The first-order valence-electron chi connectivity index (χ1n) is 28.2. The topological polar surface area (TPSA) is 24.1 Å². The summed E-state index contributed by atoms with van der Waals surface area (Å²) in [6, 6.07) is 5.88. The summed E-state index contributed by atoms with van der Waals surface area (Å²) < 4.78 is 21.4. The minimum absolute atomic E-state index is 0.150. The van der Waals surface area contributed by atoms with E-state index in [-0.39, 0.29) is 22.7 Å². The molecule has 0 radical (unpaired) electrons. The highest BCUT2D eigenvalue weighted by molar-refractivity contribution is 5.77. The van der Waals surface area contributed by atoms with E-state index >= 15 is 0 Å². The maximum Gasteiger partial charge on any atom is 0.346 e. The molecule has 0 unspecified atom stereocenters. The van der Waals surface area contributed by atoms with Crippen molar-refractivity contribution >= 4 is 45.7 Å². The summed E-state index contributed by atoms with van der Waals surface area (Å²) in [7, 11) is 0. The quantitative estimate of drug-likeness (QED) is 0.216. The third-order valence-electron chi connectivity index (χ3n) is 18.0. The minimum Gasteiger partial charge on any atom is -0.166 e. The number of hydrogen-bond donors (Lipinski definition) is 0. The molecule has 8 fully saturated rings. The molecular weight excluding hydrogens is 833 g/mol. The molecule has 4 aliphatic heterocycles. The second-order valence-corrected chi connectivity index (χ2v) is 26.2. The van der Waals surface area contributed by atoms with Crippen molar-refractivity contribution in [3.8, 4) is 0 Å². The fourth-order valence-corrected chi connectivity index (χ4v) is 17.5. The van der Waals surface area contributed by atoms with Gasteiger partial charge in [0.05, 0.1) is 55.4 Å². The molecular formula is C60H112N8+8. The lowest BCUT2D eigenvalue weighted by Gasteiger charge is -2.16. The molecule has 8 heteroatoms. The first kappa shape index (κ1) is 56.3. The van der Waals surface area contributed by atoms with Gasteiger partial charge < -0.3 is 0 Å². The van der Waals surface area contributed by atoms with Gasteiger partial charge in [-0.15, -0.1) is 0 Å². The lowest BCUT2D eigenvalue weighted by molar-refractivity contribution is -0.768. The Morgan fingerprint density at radius 1 is 0.206 bits per heavy atom. The third-order valence-corrected chi connectivity index (χ3v) is 18.0. The van der Waals surface area contributed by atoms with Crippen molar-refractivity contribution in [1.82, 2.24) is 0 Å². The second kappa shape index (κ2) is 21.6. The molecule has 4 saturated heterocycles. The van der Waals surface area contributed by atoms with E-state index in [0.717, 1.165) is 48.3 Å². The molecule has 0 aromatic heterocycles. The lowest BCUT2D eigenvalue weighted by atomic mass is 9.91. The van der Waals surface area contributed by atoms with Gasteiger partial charge >= 0.3 is 22.7 Å². The van der Waals surface area contributed by atoms with Crippen LogP contribution in [0.2, 0.25) is 0 Å². The van der Waals surface area contributed by atoms with Crippen LogP contribution < -0.4 is 0 Å². The zero-order valence-corrected chi connectivity index (χ0v) is 49.5. The average molecular weight is 946 g/mol. The molecule has 8 rings (SSSR count). The molecule has 4 heterocycles. The maximum absolute atomic E-state index is 2.67. The van der Waals surface area contributed by atoms with Gasteiger partial charge in [-0.25, -0.2) is 0 Å². The Hall–Kier alpha value is -2.64. The molecule has 4 saturated carbocycles. The first-order valence-corrected chi connectivity index (χ1v) is 28.2. The van der Waals surface area contributed by atoms with E-state index in [9.17, 15) is 0 Å². The minimum atomic E-state index is 0.150. The van der Waals surface area contributed by atoms with Gasteiger partial charge in [0.15, 0.2) is 45.7 Å². The standard InChI is InChI=1S/4C15H28N2/c4*1-11(2)16-13-9-7-8-10-14(13)17(12(3)4)15(16,5)6/h4*13-14H,7-10H2,1-6H3/q4*+2/t2*13-,14+;2*13-,14-/m..10/s1. The molecule has 0 aromatic rings. The smallest absolute Gasteiger partial charge is 0.166 e. The van der Waals surface area contributed by atoms with Crippen molar-refractivity contribution < 1.29 is 36.6 Å².